The van der Waals surface area contributed by atoms with E-state index in [-0.39, 0.29) is 16.9 Å². The van der Waals surface area contributed by atoms with Crippen LogP contribution in [0.25, 0.3) is 16.9 Å². The molecule has 146 valence electrons. The zero-order valence-corrected chi connectivity index (χ0v) is 15.0. The number of carbonyl (C=O) groups is 1. The van der Waals surface area contributed by atoms with Crippen molar-refractivity contribution < 1.29 is 18.3 Å². The molecule has 4 rings (SSSR count). The van der Waals surface area contributed by atoms with Gasteiger partial charge in [-0.1, -0.05) is 60.7 Å². The Kier molecular flexibility index (Phi) is 4.67. The number of rotatable bonds is 5. The third-order valence-electron chi connectivity index (χ3n) is 4.32. The Bertz CT molecular complexity index is 1220. The second-order valence-electron chi connectivity index (χ2n) is 6.36. The van der Waals surface area contributed by atoms with Crippen LogP contribution >= 0.6 is 0 Å². The molecule has 2 heterocycles. The molecule has 0 radical (unpaired) electrons. The van der Waals surface area contributed by atoms with E-state index in [1.54, 1.807) is 18.2 Å². The van der Waals surface area contributed by atoms with Crippen molar-refractivity contribution in [2.75, 3.05) is 6.61 Å². The van der Waals surface area contributed by atoms with Crippen LogP contribution in [0.3, 0.4) is 0 Å². The maximum absolute atomic E-state index is 14.2. The third-order valence-corrected chi connectivity index (χ3v) is 4.32. The fourth-order valence-electron chi connectivity index (χ4n) is 2.85. The molecule has 0 aliphatic heterocycles. The largest absolute Gasteiger partial charge is 0.454 e. The van der Waals surface area contributed by atoms with Crippen LogP contribution in [0, 0.1) is 0 Å². The highest BCUT2D eigenvalue weighted by molar-refractivity contribution is 5.88. The van der Waals surface area contributed by atoms with E-state index in [1.807, 2.05) is 18.2 Å². The Morgan fingerprint density at radius 2 is 1.69 bits per heavy atom. The van der Waals surface area contributed by atoms with E-state index in [2.05, 4.69) is 10.1 Å². The van der Waals surface area contributed by atoms with Crippen molar-refractivity contribution in [1.82, 2.24) is 14.6 Å². The lowest BCUT2D eigenvalue weighted by atomic mass is 10.1. The molecule has 2 aromatic heterocycles. The number of carbonyl (C=O) groups excluding carboxylic acids is 1. The second kappa shape index (κ2) is 7.31. The fraction of sp³-hybridized carbons (Fsp3) is 0.0952. The van der Waals surface area contributed by atoms with Crippen LogP contribution in [0.2, 0.25) is 0 Å². The number of H-pyrrole nitrogens is 1. The van der Waals surface area contributed by atoms with E-state index in [1.165, 1.54) is 36.4 Å². The molecule has 8 heteroatoms. The fourth-order valence-corrected chi connectivity index (χ4v) is 2.85. The van der Waals surface area contributed by atoms with E-state index in [0.717, 1.165) is 10.1 Å². The van der Waals surface area contributed by atoms with Crippen molar-refractivity contribution in [3.63, 3.8) is 0 Å². The Labute approximate surface area is 163 Å². The van der Waals surface area contributed by atoms with Gasteiger partial charge in [-0.05, 0) is 0 Å². The molecule has 0 aliphatic rings. The predicted octanol–water partition coefficient (Wildman–Crippen LogP) is 3.64. The number of fused-ring (bicyclic) bond motifs is 1. The van der Waals surface area contributed by atoms with Gasteiger partial charge < -0.3 is 4.74 Å². The average molecular weight is 395 g/mol. The molecule has 1 N–H and O–H groups in total. The quantitative estimate of drug-likeness (QED) is 0.524. The number of nitrogens with one attached hydrogen (secondary N) is 1. The lowest BCUT2D eigenvalue weighted by molar-refractivity contribution is -0.0663. The molecule has 0 spiro atoms. The summed E-state index contributed by atoms with van der Waals surface area (Å²) in [4.78, 5) is 28.9. The molecule has 29 heavy (non-hydrogen) atoms. The van der Waals surface area contributed by atoms with Crippen LogP contribution in [0.4, 0.5) is 8.78 Å². The standard InChI is InChI=1S/C21H15F2N3O3/c22-21(23,15-9-5-2-6-10-15)13-29-20(28)17-11-18-24-16(12-19(27)26(18)25-17)14-7-3-1-4-8-14/h1-12,25H,13H2. The van der Waals surface area contributed by atoms with E-state index in [0.29, 0.717) is 5.69 Å². The maximum Gasteiger partial charge on any atom is 0.356 e. The molecule has 0 fully saturated rings. The van der Waals surface area contributed by atoms with Crippen LogP contribution in [0.1, 0.15) is 16.1 Å². The van der Waals surface area contributed by atoms with Gasteiger partial charge in [0, 0.05) is 23.3 Å². The minimum Gasteiger partial charge on any atom is -0.454 e. The van der Waals surface area contributed by atoms with Crippen molar-refractivity contribution in [2.24, 2.45) is 0 Å². The summed E-state index contributed by atoms with van der Waals surface area (Å²) < 4.78 is 34.2. The molecule has 6 nitrogen and oxygen atoms in total. The number of aromatic amines is 1. The number of aromatic nitrogens is 3. The van der Waals surface area contributed by atoms with Gasteiger partial charge >= 0.3 is 11.9 Å². The number of halogens is 2. The first-order chi connectivity index (χ1) is 13.9. The van der Waals surface area contributed by atoms with Crippen molar-refractivity contribution >= 4 is 11.6 Å². The van der Waals surface area contributed by atoms with E-state index >= 15 is 0 Å². The number of alkyl halides is 2. The summed E-state index contributed by atoms with van der Waals surface area (Å²) in [6, 6.07) is 18.7. The van der Waals surface area contributed by atoms with Crippen molar-refractivity contribution in [2.45, 2.75) is 5.92 Å². The summed E-state index contributed by atoms with van der Waals surface area (Å²) in [7, 11) is 0. The van der Waals surface area contributed by atoms with Crippen molar-refractivity contribution in [1.29, 1.82) is 0 Å². The van der Waals surface area contributed by atoms with Crippen LogP contribution in [0.5, 0.6) is 0 Å². The number of benzene rings is 2. The maximum atomic E-state index is 14.2. The Morgan fingerprint density at radius 3 is 2.38 bits per heavy atom. The molecule has 0 aliphatic carbocycles. The van der Waals surface area contributed by atoms with Gasteiger partial charge in [-0.15, -0.1) is 0 Å². The lowest BCUT2D eigenvalue weighted by Gasteiger charge is -2.16. The zero-order chi connectivity index (χ0) is 20.4. The van der Waals surface area contributed by atoms with E-state index in [9.17, 15) is 18.4 Å². The molecule has 4 aromatic rings. The van der Waals surface area contributed by atoms with Gasteiger partial charge in [0.05, 0.1) is 5.69 Å². The Morgan fingerprint density at radius 1 is 1.03 bits per heavy atom. The SMILES string of the molecule is O=C(OCC(F)(F)c1ccccc1)c1cc2nc(-c3ccccc3)cc(=O)n2[nH]1. The monoisotopic (exact) mass is 395 g/mol. The molecule has 0 unspecified atom stereocenters. The van der Waals surface area contributed by atoms with Gasteiger partial charge in [0.2, 0.25) is 0 Å². The molecule has 0 bridgehead atoms. The Balaban J connectivity index is 1.57. The normalized spacial score (nSPS) is 11.5. The van der Waals surface area contributed by atoms with Crippen LogP contribution < -0.4 is 5.56 Å². The van der Waals surface area contributed by atoms with Gasteiger partial charge in [0.15, 0.2) is 12.3 Å². The van der Waals surface area contributed by atoms with Gasteiger partial charge in [-0.25, -0.2) is 14.3 Å². The minimum atomic E-state index is -3.33. The molecule has 0 saturated carbocycles. The summed E-state index contributed by atoms with van der Waals surface area (Å²) in [5.41, 5.74) is 0.504. The lowest BCUT2D eigenvalue weighted by Crippen LogP contribution is -2.23. The number of hydrogen-bond acceptors (Lipinski definition) is 4. The average Bonchev–Trinajstić information content (AvgIpc) is 3.18. The highest BCUT2D eigenvalue weighted by atomic mass is 19.3. The number of ether oxygens (including phenoxy) is 1. The first-order valence-electron chi connectivity index (χ1n) is 8.73. The molecule has 0 atom stereocenters. The number of nitrogens with zero attached hydrogens (tertiary/aromatic N) is 2. The number of esters is 1. The van der Waals surface area contributed by atoms with Crippen LogP contribution in [-0.2, 0) is 10.7 Å². The highest BCUT2D eigenvalue weighted by Gasteiger charge is 2.33. The first-order valence-corrected chi connectivity index (χ1v) is 8.73. The van der Waals surface area contributed by atoms with E-state index < -0.39 is 24.1 Å². The predicted molar refractivity (Wildman–Crippen MR) is 102 cm³/mol. The van der Waals surface area contributed by atoms with Gasteiger partial charge in [0.25, 0.3) is 5.56 Å². The van der Waals surface area contributed by atoms with Crippen LogP contribution in [-0.4, -0.2) is 27.2 Å². The molecule has 0 amide bonds. The Hall–Kier alpha value is -3.81. The molecule has 0 saturated heterocycles. The first kappa shape index (κ1) is 18.5. The van der Waals surface area contributed by atoms with Gasteiger partial charge in [-0.3, -0.25) is 9.89 Å². The van der Waals surface area contributed by atoms with Crippen LogP contribution in [0.15, 0.2) is 77.6 Å². The van der Waals surface area contributed by atoms with Crippen molar-refractivity contribution in [3.8, 4) is 11.3 Å². The van der Waals surface area contributed by atoms with Crippen molar-refractivity contribution in [3.05, 3.63) is 94.4 Å². The summed E-state index contributed by atoms with van der Waals surface area (Å²) >= 11 is 0. The smallest absolute Gasteiger partial charge is 0.356 e. The molecular formula is C21H15F2N3O3. The van der Waals surface area contributed by atoms with Gasteiger partial charge in [0.1, 0.15) is 5.69 Å². The zero-order valence-electron chi connectivity index (χ0n) is 15.0. The summed E-state index contributed by atoms with van der Waals surface area (Å²) in [5.74, 6) is -4.34. The summed E-state index contributed by atoms with van der Waals surface area (Å²) in [5, 5.41) is 2.54. The number of hydrogen-bond donors (Lipinski definition) is 1. The highest BCUT2D eigenvalue weighted by Crippen LogP contribution is 2.28. The molecule has 2 aromatic carbocycles. The third kappa shape index (κ3) is 3.77. The topological polar surface area (TPSA) is 76.5 Å². The second-order valence-corrected chi connectivity index (χ2v) is 6.36. The van der Waals surface area contributed by atoms with E-state index in [4.69, 9.17) is 4.74 Å². The summed E-state index contributed by atoms with van der Waals surface area (Å²) in [6.45, 7) is -1.12. The summed E-state index contributed by atoms with van der Waals surface area (Å²) in [6.07, 6.45) is 0. The molecular weight excluding hydrogens is 380 g/mol. The van der Waals surface area contributed by atoms with Gasteiger partial charge in [-0.2, -0.15) is 8.78 Å². The minimum absolute atomic E-state index is 0.149.